The number of rotatable bonds is 5. The molecule has 2 heterocycles. The summed E-state index contributed by atoms with van der Waals surface area (Å²) in [5.74, 6) is 1.01. The van der Waals surface area contributed by atoms with Crippen LogP contribution in [0, 0.1) is 0 Å². The topological polar surface area (TPSA) is 45.8 Å². The average molecular weight is 505 g/mol. The third-order valence-electron chi connectivity index (χ3n) is 5.23. The Balaban J connectivity index is 1.49. The van der Waals surface area contributed by atoms with E-state index in [1.54, 1.807) is 35.3 Å². The number of nitrogens with zero attached hydrogens (tertiary/aromatic N) is 2. The third-order valence-corrected chi connectivity index (χ3v) is 6.67. The van der Waals surface area contributed by atoms with Crippen LogP contribution in [0.15, 0.2) is 99.8 Å². The molecule has 0 radical (unpaired) electrons. The molecule has 7 heteroatoms. The smallest absolute Gasteiger partial charge is 0.267 e. The molecular weight excluding hydrogens is 487 g/mol. The van der Waals surface area contributed by atoms with Gasteiger partial charge in [-0.05, 0) is 53.5 Å². The zero-order valence-electron chi connectivity index (χ0n) is 17.9. The van der Waals surface area contributed by atoms with Crippen molar-refractivity contribution in [1.82, 2.24) is 4.90 Å². The van der Waals surface area contributed by atoms with E-state index in [0.717, 1.165) is 22.0 Å². The maximum atomic E-state index is 13.2. The number of halogens is 2. The Morgan fingerprint density at radius 3 is 2.56 bits per heavy atom. The van der Waals surface area contributed by atoms with Gasteiger partial charge >= 0.3 is 0 Å². The summed E-state index contributed by atoms with van der Waals surface area (Å²) in [7, 11) is 0. The van der Waals surface area contributed by atoms with Crippen LogP contribution in [0.1, 0.15) is 5.76 Å². The van der Waals surface area contributed by atoms with Gasteiger partial charge < -0.3 is 4.42 Å². The Labute approximate surface area is 211 Å². The van der Waals surface area contributed by atoms with Gasteiger partial charge in [-0.15, -0.1) is 6.58 Å². The molecule has 0 bridgehead atoms. The predicted molar refractivity (Wildman–Crippen MR) is 143 cm³/mol. The molecule has 0 saturated carbocycles. The molecule has 1 aliphatic rings. The molecule has 3 aromatic carbocycles. The molecular formula is C27H18Cl2N2O2S. The summed E-state index contributed by atoms with van der Waals surface area (Å²) >= 11 is 13.5. The summed E-state index contributed by atoms with van der Waals surface area (Å²) in [6.07, 6.45) is 3.41. The van der Waals surface area contributed by atoms with E-state index in [2.05, 4.69) is 6.58 Å². The van der Waals surface area contributed by atoms with Gasteiger partial charge in [-0.2, -0.15) is 0 Å². The summed E-state index contributed by atoms with van der Waals surface area (Å²) in [4.78, 5) is 20.1. The molecule has 34 heavy (non-hydrogen) atoms. The summed E-state index contributed by atoms with van der Waals surface area (Å²) in [5, 5.41) is 3.76. The van der Waals surface area contributed by atoms with Crippen LogP contribution in [-0.4, -0.2) is 22.5 Å². The minimum absolute atomic E-state index is 0.146. The molecule has 168 valence electrons. The van der Waals surface area contributed by atoms with Gasteiger partial charge in [0.05, 0.1) is 10.6 Å². The molecule has 1 fully saturated rings. The Bertz CT molecular complexity index is 1460. The second-order valence-corrected chi connectivity index (χ2v) is 9.45. The predicted octanol–water partition coefficient (Wildman–Crippen LogP) is 8.20. The number of carbonyl (C=O) groups is 1. The molecule has 4 aromatic rings. The van der Waals surface area contributed by atoms with Crippen LogP contribution in [0.2, 0.25) is 10.0 Å². The molecule has 1 aliphatic heterocycles. The number of benzene rings is 3. The zero-order valence-corrected chi connectivity index (χ0v) is 20.2. The van der Waals surface area contributed by atoms with Crippen molar-refractivity contribution in [2.45, 2.75) is 0 Å². The van der Waals surface area contributed by atoms with Gasteiger partial charge in [0.1, 0.15) is 11.5 Å². The first-order valence-electron chi connectivity index (χ1n) is 10.5. The van der Waals surface area contributed by atoms with E-state index in [9.17, 15) is 4.79 Å². The normalized spacial score (nSPS) is 16.2. The minimum Gasteiger partial charge on any atom is -0.457 e. The van der Waals surface area contributed by atoms with Gasteiger partial charge in [-0.1, -0.05) is 65.7 Å². The van der Waals surface area contributed by atoms with Crippen molar-refractivity contribution < 1.29 is 9.21 Å². The summed E-state index contributed by atoms with van der Waals surface area (Å²) in [5.41, 5.74) is 1.57. The van der Waals surface area contributed by atoms with Gasteiger partial charge in [0.2, 0.25) is 0 Å². The van der Waals surface area contributed by atoms with Gasteiger partial charge in [0.25, 0.3) is 5.91 Å². The highest BCUT2D eigenvalue weighted by atomic mass is 35.5. The third kappa shape index (κ3) is 4.55. The van der Waals surface area contributed by atoms with Gasteiger partial charge in [-0.3, -0.25) is 9.69 Å². The maximum Gasteiger partial charge on any atom is 0.267 e. The van der Waals surface area contributed by atoms with Crippen molar-refractivity contribution in [2.24, 2.45) is 4.99 Å². The van der Waals surface area contributed by atoms with Crippen molar-refractivity contribution in [1.29, 1.82) is 0 Å². The van der Waals surface area contributed by atoms with E-state index in [-0.39, 0.29) is 5.91 Å². The molecule has 0 unspecified atom stereocenters. The first kappa shape index (κ1) is 22.5. The molecule has 0 atom stereocenters. The molecule has 5 rings (SSSR count). The second-order valence-electron chi connectivity index (χ2n) is 7.57. The van der Waals surface area contributed by atoms with Crippen molar-refractivity contribution in [3.63, 3.8) is 0 Å². The highest BCUT2D eigenvalue weighted by molar-refractivity contribution is 8.18. The second kappa shape index (κ2) is 9.55. The fourth-order valence-corrected chi connectivity index (χ4v) is 5.21. The van der Waals surface area contributed by atoms with Gasteiger partial charge in [0, 0.05) is 33.6 Å². The van der Waals surface area contributed by atoms with Crippen LogP contribution in [0.3, 0.4) is 0 Å². The lowest BCUT2D eigenvalue weighted by Crippen LogP contribution is -2.29. The standard InChI is InChI=1S/C27H18Cl2N2O2S/c1-2-12-31-26(32)25(16-21-10-11-24(33-21)18-13-19(28)15-20(29)14-18)34-27(31)30-23-9-5-7-17-6-3-4-8-22(17)23/h2-11,13-16H,1,12H2/b25-16-,30-27?. The summed E-state index contributed by atoms with van der Waals surface area (Å²) in [6.45, 7) is 4.15. The number of aliphatic imine (C=N–C) groups is 1. The number of furan rings is 1. The lowest BCUT2D eigenvalue weighted by molar-refractivity contribution is -0.121. The quantitative estimate of drug-likeness (QED) is 0.203. The number of hydrogen-bond acceptors (Lipinski definition) is 4. The fourth-order valence-electron chi connectivity index (χ4n) is 3.70. The Morgan fingerprint density at radius 2 is 1.76 bits per heavy atom. The SMILES string of the molecule is C=CCN1C(=O)/C(=C/c2ccc(-c3cc(Cl)cc(Cl)c3)o2)SC1=Nc1cccc2ccccc12. The Morgan fingerprint density at radius 1 is 1.00 bits per heavy atom. The molecule has 1 saturated heterocycles. The summed E-state index contributed by atoms with van der Waals surface area (Å²) in [6, 6.07) is 22.8. The Hall–Kier alpha value is -3.25. The number of hydrogen-bond donors (Lipinski definition) is 0. The fraction of sp³-hybridized carbons (Fsp3) is 0.0370. The number of carbonyl (C=O) groups excluding carboxylic acids is 1. The average Bonchev–Trinajstić information content (AvgIpc) is 3.40. The zero-order chi connectivity index (χ0) is 23.7. The molecule has 1 aromatic heterocycles. The van der Waals surface area contributed by atoms with E-state index in [0.29, 0.717) is 38.2 Å². The van der Waals surface area contributed by atoms with Crippen LogP contribution in [0.5, 0.6) is 0 Å². The lowest BCUT2D eigenvalue weighted by atomic mass is 10.1. The number of fused-ring (bicyclic) bond motifs is 1. The van der Waals surface area contributed by atoms with Crippen LogP contribution in [0.25, 0.3) is 28.2 Å². The molecule has 0 spiro atoms. The van der Waals surface area contributed by atoms with Crippen molar-refractivity contribution in [2.75, 3.05) is 6.54 Å². The van der Waals surface area contributed by atoms with Crippen LogP contribution >= 0.6 is 35.0 Å². The van der Waals surface area contributed by atoms with Crippen LogP contribution < -0.4 is 0 Å². The minimum atomic E-state index is -0.146. The Kier molecular flexibility index (Phi) is 6.33. The van der Waals surface area contributed by atoms with E-state index >= 15 is 0 Å². The summed E-state index contributed by atoms with van der Waals surface area (Å²) < 4.78 is 5.96. The van der Waals surface area contributed by atoms with E-state index < -0.39 is 0 Å². The van der Waals surface area contributed by atoms with Crippen molar-refractivity contribution >= 4 is 68.6 Å². The highest BCUT2D eigenvalue weighted by Crippen LogP contribution is 2.37. The number of thioether (sulfide) groups is 1. The first-order chi connectivity index (χ1) is 16.5. The van der Waals surface area contributed by atoms with E-state index in [1.807, 2.05) is 54.6 Å². The van der Waals surface area contributed by atoms with Gasteiger partial charge in [0.15, 0.2) is 5.17 Å². The van der Waals surface area contributed by atoms with Crippen LogP contribution in [-0.2, 0) is 4.79 Å². The van der Waals surface area contributed by atoms with Crippen LogP contribution in [0.4, 0.5) is 5.69 Å². The molecule has 1 amide bonds. The largest absolute Gasteiger partial charge is 0.457 e. The highest BCUT2D eigenvalue weighted by Gasteiger charge is 2.33. The monoisotopic (exact) mass is 504 g/mol. The van der Waals surface area contributed by atoms with E-state index in [4.69, 9.17) is 32.6 Å². The van der Waals surface area contributed by atoms with Gasteiger partial charge in [-0.25, -0.2) is 4.99 Å². The number of amides is 1. The van der Waals surface area contributed by atoms with E-state index in [1.165, 1.54) is 11.8 Å². The first-order valence-corrected chi connectivity index (χ1v) is 12.0. The lowest BCUT2D eigenvalue weighted by Gasteiger charge is -2.13. The maximum absolute atomic E-state index is 13.2. The number of amidine groups is 1. The van der Waals surface area contributed by atoms with Crippen molar-refractivity contribution in [3.05, 3.63) is 106 Å². The molecule has 0 aliphatic carbocycles. The molecule has 4 nitrogen and oxygen atoms in total. The molecule has 0 N–H and O–H groups in total. The van der Waals surface area contributed by atoms with Crippen molar-refractivity contribution in [3.8, 4) is 11.3 Å².